The summed E-state index contributed by atoms with van der Waals surface area (Å²) < 4.78 is 27.1. The second-order valence-electron chi connectivity index (χ2n) is 9.60. The van der Waals surface area contributed by atoms with Gasteiger partial charge in [-0.2, -0.15) is 0 Å². The fourth-order valence-electron chi connectivity index (χ4n) is 3.54. The fraction of sp³-hybridized carbons (Fsp3) is 1.00. The lowest BCUT2D eigenvalue weighted by Crippen LogP contribution is -3.00. The molecule has 0 aromatic carbocycles. The number of quaternary nitrogens is 1. The van der Waals surface area contributed by atoms with E-state index in [9.17, 15) is 8.42 Å². The van der Waals surface area contributed by atoms with Crippen molar-refractivity contribution in [3.05, 3.63) is 0 Å². The second-order valence-corrected chi connectivity index (χ2v) is 11.8. The van der Waals surface area contributed by atoms with E-state index in [1.165, 1.54) is 77.0 Å². The minimum Gasteiger partial charge on any atom is -1.00 e. The normalized spacial score (nSPS) is 12.3. The van der Waals surface area contributed by atoms with Crippen molar-refractivity contribution in [1.29, 1.82) is 0 Å². The molecule has 0 aliphatic rings. The van der Waals surface area contributed by atoms with Crippen molar-refractivity contribution in [2.24, 2.45) is 0 Å². The van der Waals surface area contributed by atoms with Crippen LogP contribution in [0.15, 0.2) is 0 Å². The Kier molecular flexibility index (Phi) is 21.2. The van der Waals surface area contributed by atoms with E-state index >= 15 is 0 Å². The third-order valence-corrected chi connectivity index (χ3v) is 7.47. The molecule has 178 valence electrons. The van der Waals surface area contributed by atoms with Crippen LogP contribution in [0.2, 0.25) is 0 Å². The van der Waals surface area contributed by atoms with E-state index < -0.39 is 10.0 Å². The molecule has 4 nitrogen and oxygen atoms in total. The van der Waals surface area contributed by atoms with Gasteiger partial charge in [0.05, 0.1) is 33.4 Å². The van der Waals surface area contributed by atoms with E-state index in [1.54, 1.807) is 11.4 Å². The summed E-state index contributed by atoms with van der Waals surface area (Å²) in [6, 6.07) is 0. The zero-order valence-electron chi connectivity index (χ0n) is 20.2. The Labute approximate surface area is 200 Å². The minimum absolute atomic E-state index is 0. The number of unbranched alkanes of at least 4 members (excludes halogenated alkanes) is 13. The lowest BCUT2D eigenvalue weighted by atomic mass is 10.0. The smallest absolute Gasteiger partial charge is 0.213 e. The lowest BCUT2D eigenvalue weighted by molar-refractivity contribution is -0.870. The maximum atomic E-state index is 12.3. The molecule has 0 aliphatic heterocycles. The van der Waals surface area contributed by atoms with Gasteiger partial charge in [-0.05, 0) is 6.42 Å². The van der Waals surface area contributed by atoms with Crippen molar-refractivity contribution in [2.75, 3.05) is 47.0 Å². The van der Waals surface area contributed by atoms with Gasteiger partial charge in [0.25, 0.3) is 0 Å². The first-order valence-electron chi connectivity index (χ1n) is 11.9. The third-order valence-electron chi connectivity index (χ3n) is 5.53. The van der Waals surface area contributed by atoms with Gasteiger partial charge in [-0.3, -0.25) is 0 Å². The summed E-state index contributed by atoms with van der Waals surface area (Å²) in [4.78, 5) is 0. The van der Waals surface area contributed by atoms with Gasteiger partial charge in [-0.15, -0.1) is 0 Å². The highest BCUT2D eigenvalue weighted by atomic mass is 127. The van der Waals surface area contributed by atoms with Crippen LogP contribution < -0.4 is 24.0 Å². The van der Waals surface area contributed by atoms with Gasteiger partial charge >= 0.3 is 0 Å². The quantitative estimate of drug-likeness (QED) is 0.134. The molecule has 0 fully saturated rings. The molecular weight excluding hydrogens is 495 g/mol. The molecule has 6 heteroatoms. The van der Waals surface area contributed by atoms with Crippen molar-refractivity contribution in [1.82, 2.24) is 4.31 Å². The topological polar surface area (TPSA) is 37.4 Å². The van der Waals surface area contributed by atoms with Crippen molar-refractivity contribution in [3.8, 4) is 0 Å². The second kappa shape index (κ2) is 19.3. The van der Waals surface area contributed by atoms with E-state index in [4.69, 9.17) is 0 Å². The Morgan fingerprint density at radius 1 is 0.655 bits per heavy atom. The number of halogens is 1. The van der Waals surface area contributed by atoms with E-state index in [0.717, 1.165) is 30.3 Å². The summed E-state index contributed by atoms with van der Waals surface area (Å²) in [5.41, 5.74) is 0. The van der Waals surface area contributed by atoms with Crippen LogP contribution >= 0.6 is 0 Å². The van der Waals surface area contributed by atoms with Crippen molar-refractivity contribution in [3.63, 3.8) is 0 Å². The molecule has 29 heavy (non-hydrogen) atoms. The Hall–Kier alpha value is 0.600. The number of rotatable bonds is 20. The zero-order chi connectivity index (χ0) is 21.3. The molecule has 0 rings (SSSR count). The van der Waals surface area contributed by atoms with Crippen LogP contribution in [0.3, 0.4) is 0 Å². The highest BCUT2D eigenvalue weighted by Gasteiger charge is 2.18. The number of hydrogen-bond acceptors (Lipinski definition) is 2. The predicted molar refractivity (Wildman–Crippen MR) is 124 cm³/mol. The van der Waals surface area contributed by atoms with Gasteiger partial charge in [0.1, 0.15) is 0 Å². The lowest BCUT2D eigenvalue weighted by Gasteiger charge is -2.25. The van der Waals surface area contributed by atoms with Gasteiger partial charge in [0.2, 0.25) is 10.0 Å². The van der Waals surface area contributed by atoms with E-state index in [2.05, 4.69) is 28.1 Å². The van der Waals surface area contributed by atoms with Crippen LogP contribution in [0, 0.1) is 0 Å². The summed E-state index contributed by atoms with van der Waals surface area (Å²) in [5, 5.41) is 0. The van der Waals surface area contributed by atoms with E-state index in [-0.39, 0.29) is 24.0 Å². The first-order chi connectivity index (χ1) is 13.2. The van der Waals surface area contributed by atoms with E-state index in [1.807, 2.05) is 0 Å². The molecule has 0 saturated carbocycles. The standard InChI is InChI=1S/C23H51N2O2S.HI/c1-6-7-8-9-10-11-12-13-14-15-16-17-18-19-23-28(26,27)24(2)21-20-22-25(3,4)5;/h6-23H2,1-5H3;1H/q+1;/p-1. The van der Waals surface area contributed by atoms with Crippen LogP contribution in [0.25, 0.3) is 0 Å². The largest absolute Gasteiger partial charge is 1.00 e. The Bertz CT molecular complexity index is 450. The molecule has 0 saturated heterocycles. The molecule has 0 aliphatic carbocycles. The molecule has 0 aromatic heterocycles. The molecule has 0 unspecified atom stereocenters. The Balaban J connectivity index is 0. The molecule has 0 heterocycles. The van der Waals surface area contributed by atoms with Crippen LogP contribution in [0.1, 0.15) is 103 Å². The Morgan fingerprint density at radius 2 is 1.03 bits per heavy atom. The molecule has 0 atom stereocenters. The first kappa shape index (κ1) is 31.8. The molecule has 0 aromatic rings. The van der Waals surface area contributed by atoms with Crippen LogP contribution in [-0.2, 0) is 10.0 Å². The van der Waals surface area contributed by atoms with E-state index in [0.29, 0.717) is 12.3 Å². The molecule has 0 spiro atoms. The first-order valence-corrected chi connectivity index (χ1v) is 13.5. The van der Waals surface area contributed by atoms with Crippen molar-refractivity contribution >= 4 is 10.0 Å². The molecule has 0 N–H and O–H groups in total. The molecular formula is C23H51IN2O2S. The Morgan fingerprint density at radius 3 is 1.41 bits per heavy atom. The fourth-order valence-corrected chi connectivity index (χ4v) is 4.83. The average Bonchev–Trinajstić information content (AvgIpc) is 2.60. The number of sulfonamides is 1. The van der Waals surface area contributed by atoms with Crippen LogP contribution in [0.5, 0.6) is 0 Å². The van der Waals surface area contributed by atoms with Crippen molar-refractivity contribution in [2.45, 2.75) is 103 Å². The van der Waals surface area contributed by atoms with Crippen molar-refractivity contribution < 1.29 is 36.9 Å². The third kappa shape index (κ3) is 21.6. The van der Waals surface area contributed by atoms with Gasteiger partial charge in [0.15, 0.2) is 0 Å². The molecule has 0 bridgehead atoms. The minimum atomic E-state index is -3.07. The van der Waals surface area contributed by atoms with Gasteiger partial charge in [-0.1, -0.05) is 90.4 Å². The number of nitrogens with zero attached hydrogens (tertiary/aromatic N) is 2. The van der Waals surface area contributed by atoms with Crippen LogP contribution in [0.4, 0.5) is 0 Å². The molecule has 0 amide bonds. The maximum absolute atomic E-state index is 12.3. The highest BCUT2D eigenvalue weighted by Crippen LogP contribution is 2.13. The highest BCUT2D eigenvalue weighted by molar-refractivity contribution is 7.89. The summed E-state index contributed by atoms with van der Waals surface area (Å²) in [7, 11) is 5.09. The SMILES string of the molecule is CCCCCCCCCCCCCCCCS(=O)(=O)N(C)CCC[N+](C)(C)C.[I-]. The summed E-state index contributed by atoms with van der Waals surface area (Å²) >= 11 is 0. The number of hydrogen-bond donors (Lipinski definition) is 0. The zero-order valence-corrected chi connectivity index (χ0v) is 23.2. The monoisotopic (exact) mass is 546 g/mol. The maximum Gasteiger partial charge on any atom is 0.213 e. The summed E-state index contributed by atoms with van der Waals surface area (Å²) in [5.74, 6) is 0.311. The average molecular weight is 547 g/mol. The van der Waals surface area contributed by atoms with Gasteiger partial charge in [0, 0.05) is 20.0 Å². The van der Waals surface area contributed by atoms with Gasteiger partial charge < -0.3 is 28.5 Å². The summed E-state index contributed by atoms with van der Waals surface area (Å²) in [6.45, 7) is 3.90. The summed E-state index contributed by atoms with van der Waals surface area (Å²) in [6.07, 6.45) is 19.0. The van der Waals surface area contributed by atoms with Gasteiger partial charge in [-0.25, -0.2) is 12.7 Å². The van der Waals surface area contributed by atoms with Crippen LogP contribution in [-0.4, -0.2) is 64.2 Å². The predicted octanol–water partition coefficient (Wildman–Crippen LogP) is 2.83. The molecule has 0 radical (unpaired) electrons.